The molecule has 2 aromatic rings. The van der Waals surface area contributed by atoms with Gasteiger partial charge in [-0.25, -0.2) is 14.6 Å². The maximum atomic E-state index is 12.4. The molecule has 2 N–H and O–H groups in total. The lowest BCUT2D eigenvalue weighted by atomic mass is 10.2. The van der Waals surface area contributed by atoms with Gasteiger partial charge in [0.1, 0.15) is 0 Å². The van der Waals surface area contributed by atoms with Crippen LogP contribution in [0.15, 0.2) is 24.3 Å². The van der Waals surface area contributed by atoms with Crippen molar-refractivity contribution >= 4 is 45.9 Å². The van der Waals surface area contributed by atoms with Gasteiger partial charge in [0.15, 0.2) is 5.13 Å². The van der Waals surface area contributed by atoms with E-state index in [1.165, 1.54) is 11.3 Å². The fourth-order valence-corrected chi connectivity index (χ4v) is 3.55. The van der Waals surface area contributed by atoms with E-state index in [1.807, 2.05) is 0 Å². The molecule has 2 heterocycles. The van der Waals surface area contributed by atoms with E-state index in [9.17, 15) is 9.59 Å². The Morgan fingerprint density at radius 2 is 2.08 bits per heavy atom. The van der Waals surface area contributed by atoms with Crippen molar-refractivity contribution in [3.8, 4) is 0 Å². The van der Waals surface area contributed by atoms with Gasteiger partial charge >= 0.3 is 12.1 Å². The average molecular weight is 381 g/mol. The normalized spacial score (nSPS) is 13.1. The van der Waals surface area contributed by atoms with Crippen molar-refractivity contribution in [2.75, 3.05) is 23.8 Å². The first-order valence-corrected chi connectivity index (χ1v) is 8.98. The second kappa shape index (κ2) is 7.71. The zero-order chi connectivity index (χ0) is 17.8. The van der Waals surface area contributed by atoms with Crippen molar-refractivity contribution in [3.63, 3.8) is 0 Å². The van der Waals surface area contributed by atoms with Crippen molar-refractivity contribution in [2.24, 2.45) is 0 Å². The molecule has 1 aliphatic rings. The fraction of sp³-hybridized carbons (Fsp3) is 0.312. The molecule has 3 rings (SSSR count). The SMILES string of the molecule is CCOC(=O)Nc1nc2c(s1)CN(C(=O)Nc1ccc(Cl)cc1)CC2. The minimum Gasteiger partial charge on any atom is -0.450 e. The van der Waals surface area contributed by atoms with E-state index in [4.69, 9.17) is 16.3 Å². The van der Waals surface area contributed by atoms with Crippen LogP contribution in [-0.4, -0.2) is 35.2 Å². The summed E-state index contributed by atoms with van der Waals surface area (Å²) < 4.78 is 4.84. The van der Waals surface area contributed by atoms with E-state index in [-0.39, 0.29) is 6.03 Å². The number of nitrogens with one attached hydrogen (secondary N) is 2. The van der Waals surface area contributed by atoms with E-state index in [0.29, 0.717) is 42.0 Å². The van der Waals surface area contributed by atoms with E-state index in [1.54, 1.807) is 36.1 Å². The number of hydrogen-bond donors (Lipinski definition) is 2. The number of thiazole rings is 1. The molecular weight excluding hydrogens is 364 g/mol. The summed E-state index contributed by atoms with van der Waals surface area (Å²) in [5.74, 6) is 0. The number of nitrogens with zero attached hydrogens (tertiary/aromatic N) is 2. The molecule has 0 saturated carbocycles. The van der Waals surface area contributed by atoms with Crippen molar-refractivity contribution in [1.29, 1.82) is 0 Å². The molecule has 0 atom stereocenters. The summed E-state index contributed by atoms with van der Waals surface area (Å²) in [6, 6.07) is 6.78. The lowest BCUT2D eigenvalue weighted by Gasteiger charge is -2.26. The first kappa shape index (κ1) is 17.5. The average Bonchev–Trinajstić information content (AvgIpc) is 2.98. The van der Waals surface area contributed by atoms with E-state index >= 15 is 0 Å². The predicted octanol–water partition coefficient (Wildman–Crippen LogP) is 3.96. The van der Waals surface area contributed by atoms with Gasteiger partial charge < -0.3 is 15.0 Å². The van der Waals surface area contributed by atoms with Gasteiger partial charge in [0.05, 0.1) is 18.8 Å². The minimum absolute atomic E-state index is 0.179. The number of amides is 3. The van der Waals surface area contributed by atoms with Crippen LogP contribution in [0.2, 0.25) is 5.02 Å². The van der Waals surface area contributed by atoms with E-state index in [2.05, 4.69) is 15.6 Å². The molecule has 132 valence electrons. The molecule has 0 aliphatic carbocycles. The number of aromatic nitrogens is 1. The largest absolute Gasteiger partial charge is 0.450 e. The Morgan fingerprint density at radius 1 is 1.32 bits per heavy atom. The summed E-state index contributed by atoms with van der Waals surface area (Å²) in [6.45, 7) is 3.06. The molecule has 3 amide bonds. The van der Waals surface area contributed by atoms with Gasteiger partial charge in [-0.3, -0.25) is 5.32 Å². The Kier molecular flexibility index (Phi) is 5.40. The Labute approximate surface area is 153 Å². The second-order valence-electron chi connectivity index (χ2n) is 5.34. The van der Waals surface area contributed by atoms with Gasteiger partial charge in [0, 0.05) is 28.6 Å². The summed E-state index contributed by atoms with van der Waals surface area (Å²) >= 11 is 7.20. The zero-order valence-corrected chi connectivity index (χ0v) is 15.1. The molecule has 25 heavy (non-hydrogen) atoms. The van der Waals surface area contributed by atoms with Crippen LogP contribution >= 0.6 is 22.9 Å². The van der Waals surface area contributed by atoms with Crippen molar-refractivity contribution < 1.29 is 14.3 Å². The molecule has 0 spiro atoms. The van der Waals surface area contributed by atoms with Gasteiger partial charge in [-0.15, -0.1) is 0 Å². The van der Waals surface area contributed by atoms with Gasteiger partial charge in [0.2, 0.25) is 0 Å². The number of benzene rings is 1. The molecule has 9 heteroatoms. The number of carbonyl (C=O) groups excluding carboxylic acids is 2. The Hall–Kier alpha value is -2.32. The number of hydrogen-bond acceptors (Lipinski definition) is 5. The molecule has 7 nitrogen and oxygen atoms in total. The predicted molar refractivity (Wildman–Crippen MR) is 97.3 cm³/mol. The lowest BCUT2D eigenvalue weighted by Crippen LogP contribution is -2.38. The third-order valence-corrected chi connectivity index (χ3v) is 4.85. The monoisotopic (exact) mass is 380 g/mol. The number of urea groups is 1. The molecule has 1 aliphatic heterocycles. The maximum Gasteiger partial charge on any atom is 0.413 e. The minimum atomic E-state index is -0.522. The molecule has 0 saturated heterocycles. The molecule has 0 fully saturated rings. The van der Waals surface area contributed by atoms with Crippen LogP contribution in [0, 0.1) is 0 Å². The standard InChI is InChI=1S/C16H17ClN4O3S/c1-2-24-16(23)20-14-19-12-7-8-21(9-13(12)25-14)15(22)18-11-5-3-10(17)4-6-11/h3-6H,2,7-9H2,1H3,(H,18,22)(H,19,20,23). The summed E-state index contributed by atoms with van der Waals surface area (Å²) in [4.78, 5) is 31.0. The molecular formula is C16H17ClN4O3S. The summed E-state index contributed by atoms with van der Waals surface area (Å²) in [6.07, 6.45) is 0.121. The lowest BCUT2D eigenvalue weighted by molar-refractivity contribution is 0.168. The fourth-order valence-electron chi connectivity index (χ4n) is 2.41. The topological polar surface area (TPSA) is 83.6 Å². The summed E-state index contributed by atoms with van der Waals surface area (Å²) in [7, 11) is 0. The molecule has 0 bridgehead atoms. The highest BCUT2D eigenvalue weighted by Gasteiger charge is 2.24. The van der Waals surface area contributed by atoms with E-state index in [0.717, 1.165) is 10.6 Å². The van der Waals surface area contributed by atoms with Gasteiger partial charge in [0.25, 0.3) is 0 Å². The number of rotatable bonds is 3. The molecule has 0 unspecified atom stereocenters. The van der Waals surface area contributed by atoms with Gasteiger partial charge in [-0.05, 0) is 31.2 Å². The van der Waals surface area contributed by atoms with E-state index < -0.39 is 6.09 Å². The third kappa shape index (κ3) is 4.40. The van der Waals surface area contributed by atoms with Crippen molar-refractivity contribution in [3.05, 3.63) is 39.9 Å². The first-order valence-electron chi connectivity index (χ1n) is 7.79. The number of anilines is 2. The molecule has 1 aromatic heterocycles. The van der Waals surface area contributed by atoms with Crippen LogP contribution in [0.4, 0.5) is 20.4 Å². The van der Waals surface area contributed by atoms with Crippen LogP contribution in [0.3, 0.4) is 0 Å². The van der Waals surface area contributed by atoms with Gasteiger partial charge in [-0.2, -0.15) is 0 Å². The second-order valence-corrected chi connectivity index (χ2v) is 6.86. The van der Waals surface area contributed by atoms with Crippen LogP contribution < -0.4 is 10.6 Å². The van der Waals surface area contributed by atoms with Crippen LogP contribution in [0.25, 0.3) is 0 Å². The quantitative estimate of drug-likeness (QED) is 0.844. The van der Waals surface area contributed by atoms with Gasteiger partial charge in [-0.1, -0.05) is 22.9 Å². The van der Waals surface area contributed by atoms with Crippen molar-refractivity contribution in [1.82, 2.24) is 9.88 Å². The number of halogens is 1. The number of ether oxygens (including phenoxy) is 1. The summed E-state index contributed by atoms with van der Waals surface area (Å²) in [5, 5.41) is 6.56. The van der Waals surface area contributed by atoms with Crippen LogP contribution in [0.1, 0.15) is 17.5 Å². The third-order valence-electron chi connectivity index (χ3n) is 3.60. The first-order chi connectivity index (χ1) is 12.0. The molecule has 1 aromatic carbocycles. The highest BCUT2D eigenvalue weighted by Crippen LogP contribution is 2.28. The number of fused-ring (bicyclic) bond motifs is 1. The number of carbonyl (C=O) groups is 2. The smallest absolute Gasteiger partial charge is 0.413 e. The highest BCUT2D eigenvalue weighted by atomic mass is 35.5. The summed E-state index contributed by atoms with van der Waals surface area (Å²) in [5.41, 5.74) is 1.60. The Bertz CT molecular complexity index is 778. The van der Waals surface area contributed by atoms with Crippen LogP contribution in [-0.2, 0) is 17.7 Å². The highest BCUT2D eigenvalue weighted by molar-refractivity contribution is 7.15. The Balaban J connectivity index is 1.62. The molecule has 0 radical (unpaired) electrons. The maximum absolute atomic E-state index is 12.4. The van der Waals surface area contributed by atoms with Crippen LogP contribution in [0.5, 0.6) is 0 Å². The van der Waals surface area contributed by atoms with Crippen molar-refractivity contribution in [2.45, 2.75) is 19.9 Å². The Morgan fingerprint density at radius 3 is 2.80 bits per heavy atom. The zero-order valence-electron chi connectivity index (χ0n) is 13.5.